The molecular weight excluding hydrogens is 334 g/mol. The molecule has 0 saturated heterocycles. The van der Waals surface area contributed by atoms with Gasteiger partial charge >= 0.3 is 0 Å². The first-order valence-electron chi connectivity index (χ1n) is 9.76. The minimum absolute atomic E-state index is 0.0674. The van der Waals surface area contributed by atoms with Gasteiger partial charge in [0.2, 0.25) is 5.36 Å². The molecule has 0 atom stereocenters. The van der Waals surface area contributed by atoms with Crippen molar-refractivity contribution in [3.63, 3.8) is 0 Å². The lowest BCUT2D eigenvalue weighted by Gasteiger charge is -2.31. The van der Waals surface area contributed by atoms with Gasteiger partial charge in [0.1, 0.15) is 24.3 Å². The first kappa shape index (κ1) is 17.8. The number of fused-ring (bicyclic) bond motifs is 3. The Balaban J connectivity index is 1.99. The van der Waals surface area contributed by atoms with E-state index >= 15 is 0 Å². The molecule has 4 rings (SSSR count). The summed E-state index contributed by atoms with van der Waals surface area (Å²) < 4.78 is 8.65. The maximum absolute atomic E-state index is 6.30. The Morgan fingerprint density at radius 2 is 1.81 bits per heavy atom. The van der Waals surface area contributed by atoms with Crippen LogP contribution < -0.4 is 15.2 Å². The lowest BCUT2D eigenvalue weighted by Crippen LogP contribution is -2.31. The number of nitrogens with zero attached hydrogens (tertiary/aromatic N) is 2. The third-order valence-electron chi connectivity index (χ3n) is 5.40. The molecule has 2 aliphatic heterocycles. The van der Waals surface area contributed by atoms with Gasteiger partial charge in [-0.2, -0.15) is 0 Å². The zero-order valence-corrected chi connectivity index (χ0v) is 17.1. The van der Waals surface area contributed by atoms with Crippen LogP contribution in [0.4, 0.5) is 5.69 Å². The van der Waals surface area contributed by atoms with E-state index in [9.17, 15) is 0 Å². The fourth-order valence-corrected chi connectivity index (χ4v) is 4.15. The van der Waals surface area contributed by atoms with E-state index in [1.165, 1.54) is 22.1 Å². The van der Waals surface area contributed by atoms with Crippen molar-refractivity contribution in [2.75, 3.05) is 18.4 Å². The van der Waals surface area contributed by atoms with Crippen LogP contribution in [0.3, 0.4) is 0 Å². The molecule has 4 heteroatoms. The summed E-state index contributed by atoms with van der Waals surface area (Å²) in [7, 11) is 0. The quantitative estimate of drug-likeness (QED) is 0.532. The Bertz CT molecular complexity index is 1110. The third-order valence-corrected chi connectivity index (χ3v) is 5.40. The summed E-state index contributed by atoms with van der Waals surface area (Å²) in [6.45, 7) is 15.0. The van der Waals surface area contributed by atoms with Crippen LogP contribution in [0.25, 0.3) is 28.1 Å². The second kappa shape index (κ2) is 6.22. The number of hydrogen-bond acceptors (Lipinski definition) is 3. The fraction of sp³-hybridized carbons (Fsp3) is 0.391. The zero-order chi connectivity index (χ0) is 19.3. The number of aryl methyl sites for hydroxylation is 1. The fourth-order valence-electron chi connectivity index (χ4n) is 4.15. The van der Waals surface area contributed by atoms with Crippen LogP contribution >= 0.6 is 0 Å². The molecule has 0 amide bonds. The Kier molecular flexibility index (Phi) is 4.10. The van der Waals surface area contributed by atoms with Crippen LogP contribution in [0.1, 0.15) is 45.7 Å². The van der Waals surface area contributed by atoms with E-state index in [-0.39, 0.29) is 5.54 Å². The summed E-state index contributed by atoms with van der Waals surface area (Å²) in [5.74, 6) is 0.831. The summed E-state index contributed by atoms with van der Waals surface area (Å²) in [4.78, 5) is 4.90. The van der Waals surface area contributed by atoms with Crippen molar-refractivity contribution in [3.8, 4) is 11.5 Å². The Hall–Kier alpha value is -2.62. The Labute approximate surface area is 160 Å². The summed E-state index contributed by atoms with van der Waals surface area (Å²) in [6, 6.07) is 8.49. The number of aromatic nitrogens is 1. The molecule has 0 bridgehead atoms. The predicted octanol–water partition coefficient (Wildman–Crippen LogP) is 4.66. The highest BCUT2D eigenvalue weighted by Gasteiger charge is 2.24. The molecule has 0 radical (unpaired) electrons. The third kappa shape index (κ3) is 3.03. The van der Waals surface area contributed by atoms with Crippen LogP contribution in [-0.2, 0) is 0 Å². The second-order valence-electron chi connectivity index (χ2n) is 8.03. The molecule has 0 spiro atoms. The van der Waals surface area contributed by atoms with Crippen molar-refractivity contribution in [1.29, 1.82) is 0 Å². The Morgan fingerprint density at radius 1 is 1.07 bits per heavy atom. The minimum Gasteiger partial charge on any atom is -0.452 e. The molecule has 3 aliphatic rings. The standard InChI is InChI=1S/C23H27N3O/c1-7-26(8-2)20-12-22-18(9-14(20)3)24-19-10-16-15(4)13-23(5,6)25-17(16)11-21(19)27-22/h9-13H,7-8H2,1-6H3/p+1. The smallest absolute Gasteiger partial charge is 0.206 e. The van der Waals surface area contributed by atoms with E-state index in [1.807, 2.05) is 0 Å². The zero-order valence-electron chi connectivity index (χ0n) is 17.1. The van der Waals surface area contributed by atoms with Gasteiger partial charge in [0.25, 0.3) is 0 Å². The monoisotopic (exact) mass is 362 g/mol. The van der Waals surface area contributed by atoms with Gasteiger partial charge in [-0.05, 0) is 59.2 Å². The molecule has 1 aromatic rings. The largest absolute Gasteiger partial charge is 0.452 e. The van der Waals surface area contributed by atoms with Gasteiger partial charge in [0, 0.05) is 22.9 Å². The summed E-state index contributed by atoms with van der Waals surface area (Å²) in [5.41, 5.74) is 7.34. The molecule has 4 nitrogen and oxygen atoms in total. The molecule has 1 aliphatic carbocycles. The van der Waals surface area contributed by atoms with E-state index in [0.29, 0.717) is 0 Å². The van der Waals surface area contributed by atoms with E-state index in [1.54, 1.807) is 0 Å². The topological polar surface area (TPSA) is 41.1 Å². The molecular formula is C23H28N3O+. The highest BCUT2D eigenvalue weighted by atomic mass is 16.3. The van der Waals surface area contributed by atoms with Crippen molar-refractivity contribution in [3.05, 3.63) is 46.8 Å². The average molecular weight is 362 g/mol. The number of hydrogen-bond donors (Lipinski definition) is 1. The SMILES string of the molecule is CC[N+](CC)=c1cc2oc3cc4c(cc3nc-2cc1C)C(C)=CC(C)(C)N4. The maximum Gasteiger partial charge on any atom is 0.206 e. The molecule has 140 valence electrons. The molecule has 0 saturated carbocycles. The number of anilines is 1. The van der Waals surface area contributed by atoms with E-state index < -0.39 is 0 Å². The molecule has 1 N–H and O–H groups in total. The normalized spacial score (nSPS) is 15.4. The lowest BCUT2D eigenvalue weighted by molar-refractivity contribution is 0.598. The second-order valence-corrected chi connectivity index (χ2v) is 8.03. The van der Waals surface area contributed by atoms with E-state index in [0.717, 1.165) is 41.3 Å². The van der Waals surface area contributed by atoms with Gasteiger partial charge < -0.3 is 9.73 Å². The number of nitrogens with one attached hydrogen (secondary N) is 1. The van der Waals surface area contributed by atoms with Crippen molar-refractivity contribution < 1.29 is 4.42 Å². The number of allylic oxidation sites excluding steroid dienone is 1. The van der Waals surface area contributed by atoms with Gasteiger partial charge in [-0.25, -0.2) is 9.56 Å². The van der Waals surface area contributed by atoms with Crippen LogP contribution in [0.15, 0.2) is 34.8 Å². The van der Waals surface area contributed by atoms with Crippen molar-refractivity contribution in [1.82, 2.24) is 9.56 Å². The van der Waals surface area contributed by atoms with Crippen molar-refractivity contribution in [2.24, 2.45) is 0 Å². The highest BCUT2D eigenvalue weighted by Crippen LogP contribution is 2.37. The maximum atomic E-state index is 6.30. The molecule has 0 aromatic heterocycles. The van der Waals surface area contributed by atoms with Gasteiger partial charge in [-0.3, -0.25) is 0 Å². The lowest BCUT2D eigenvalue weighted by atomic mass is 9.91. The molecule has 0 fully saturated rings. The summed E-state index contributed by atoms with van der Waals surface area (Å²) in [5, 5.41) is 4.81. The van der Waals surface area contributed by atoms with Crippen LogP contribution in [-0.4, -0.2) is 23.6 Å². The summed E-state index contributed by atoms with van der Waals surface area (Å²) >= 11 is 0. The van der Waals surface area contributed by atoms with E-state index in [4.69, 9.17) is 9.40 Å². The van der Waals surface area contributed by atoms with Gasteiger partial charge in [0.05, 0.1) is 11.6 Å². The Morgan fingerprint density at radius 3 is 2.52 bits per heavy atom. The van der Waals surface area contributed by atoms with Gasteiger partial charge in [-0.1, -0.05) is 6.08 Å². The molecule has 0 unspecified atom stereocenters. The molecule has 27 heavy (non-hydrogen) atoms. The number of rotatable bonds is 2. The molecule has 2 heterocycles. The first-order chi connectivity index (χ1) is 12.8. The average Bonchev–Trinajstić information content (AvgIpc) is 2.59. The van der Waals surface area contributed by atoms with E-state index in [2.05, 4.69) is 81.8 Å². The highest BCUT2D eigenvalue weighted by molar-refractivity contribution is 5.90. The van der Waals surface area contributed by atoms with Crippen molar-refractivity contribution in [2.45, 2.75) is 47.1 Å². The first-order valence-corrected chi connectivity index (χ1v) is 9.76. The van der Waals surface area contributed by atoms with Crippen LogP contribution in [0.5, 0.6) is 0 Å². The minimum atomic E-state index is -0.0674. The van der Waals surface area contributed by atoms with Gasteiger partial charge in [-0.15, -0.1) is 0 Å². The molecule has 1 aromatic carbocycles. The number of benzene rings is 2. The summed E-state index contributed by atoms with van der Waals surface area (Å²) in [6.07, 6.45) is 2.26. The van der Waals surface area contributed by atoms with Crippen LogP contribution in [0, 0.1) is 6.92 Å². The van der Waals surface area contributed by atoms with Crippen molar-refractivity contribution >= 4 is 22.4 Å². The van der Waals surface area contributed by atoms with Crippen LogP contribution in [0.2, 0.25) is 0 Å². The van der Waals surface area contributed by atoms with Gasteiger partial charge in [0.15, 0.2) is 11.3 Å². The predicted molar refractivity (Wildman–Crippen MR) is 113 cm³/mol.